The molecule has 2 aromatic rings. The molecule has 2 rings (SSSR count). The molecule has 2 aromatic carbocycles. The molecule has 0 aliphatic rings. The van der Waals surface area contributed by atoms with Gasteiger partial charge in [0.15, 0.2) is 5.75 Å². The first-order valence-corrected chi connectivity index (χ1v) is 8.80. The first kappa shape index (κ1) is 19.8. The standard InChI is InChI=1S/C18H25N3O5/c1-4-26-18-13(16(24)17(18)25)20-8-6-10-21(3)9-5-7-19-12-11(2)14(22)15(12)23/h19-20H,4-10H2,1-3H3. The van der Waals surface area contributed by atoms with Gasteiger partial charge in [-0.05, 0) is 46.8 Å². The van der Waals surface area contributed by atoms with Crippen molar-refractivity contribution in [1.82, 2.24) is 4.90 Å². The van der Waals surface area contributed by atoms with Gasteiger partial charge in [-0.25, -0.2) is 0 Å². The van der Waals surface area contributed by atoms with Gasteiger partial charge in [0.1, 0.15) is 5.69 Å². The van der Waals surface area contributed by atoms with E-state index in [0.717, 1.165) is 25.9 Å². The molecule has 26 heavy (non-hydrogen) atoms. The normalized spacial score (nSPS) is 11.4. The molecule has 0 atom stereocenters. The molecule has 0 aliphatic carbocycles. The summed E-state index contributed by atoms with van der Waals surface area (Å²) in [4.78, 5) is 47.4. The summed E-state index contributed by atoms with van der Waals surface area (Å²) in [5.74, 6) is 0.144. The predicted molar refractivity (Wildman–Crippen MR) is 102 cm³/mol. The van der Waals surface area contributed by atoms with E-state index in [1.807, 2.05) is 7.05 Å². The molecule has 0 unspecified atom stereocenters. The molecular weight excluding hydrogens is 338 g/mol. The van der Waals surface area contributed by atoms with Crippen molar-refractivity contribution in [3.8, 4) is 5.75 Å². The van der Waals surface area contributed by atoms with Gasteiger partial charge in [-0.3, -0.25) is 19.2 Å². The minimum absolute atomic E-state index is 0.144. The maximum absolute atomic E-state index is 11.5. The van der Waals surface area contributed by atoms with E-state index in [9.17, 15) is 19.2 Å². The molecule has 8 nitrogen and oxygen atoms in total. The minimum atomic E-state index is -0.559. The minimum Gasteiger partial charge on any atom is -0.488 e. The van der Waals surface area contributed by atoms with Crippen LogP contribution >= 0.6 is 0 Å². The molecule has 0 saturated heterocycles. The molecular formula is C18H25N3O5. The molecule has 0 aromatic heterocycles. The van der Waals surface area contributed by atoms with E-state index in [1.165, 1.54) is 0 Å². The molecule has 0 bridgehead atoms. The zero-order valence-electron chi connectivity index (χ0n) is 15.4. The Labute approximate surface area is 151 Å². The maximum Gasteiger partial charge on any atom is 0.272 e. The van der Waals surface area contributed by atoms with Crippen LogP contribution in [0.15, 0.2) is 19.2 Å². The summed E-state index contributed by atoms with van der Waals surface area (Å²) in [5, 5.41) is 5.98. The van der Waals surface area contributed by atoms with Crippen LogP contribution in [-0.2, 0) is 0 Å². The summed E-state index contributed by atoms with van der Waals surface area (Å²) in [6.07, 6.45) is 1.65. The van der Waals surface area contributed by atoms with Gasteiger partial charge >= 0.3 is 0 Å². The highest BCUT2D eigenvalue weighted by Gasteiger charge is 2.21. The van der Waals surface area contributed by atoms with Gasteiger partial charge in [-0.15, -0.1) is 0 Å². The van der Waals surface area contributed by atoms with Crippen molar-refractivity contribution >= 4 is 11.4 Å². The van der Waals surface area contributed by atoms with Crippen molar-refractivity contribution in [3.63, 3.8) is 0 Å². The van der Waals surface area contributed by atoms with E-state index in [4.69, 9.17) is 4.74 Å². The van der Waals surface area contributed by atoms with Crippen molar-refractivity contribution in [2.45, 2.75) is 26.7 Å². The van der Waals surface area contributed by atoms with Crippen LogP contribution in [-0.4, -0.2) is 44.7 Å². The summed E-state index contributed by atoms with van der Waals surface area (Å²) in [6, 6.07) is 0. The van der Waals surface area contributed by atoms with Crippen LogP contribution in [0.25, 0.3) is 0 Å². The number of nitrogens with zero attached hydrogens (tertiary/aromatic N) is 1. The lowest BCUT2D eigenvalue weighted by molar-refractivity contribution is 0.329. The van der Waals surface area contributed by atoms with Crippen LogP contribution in [0.1, 0.15) is 25.3 Å². The number of rotatable bonds is 12. The summed E-state index contributed by atoms with van der Waals surface area (Å²) >= 11 is 0. The first-order valence-electron chi connectivity index (χ1n) is 8.80. The van der Waals surface area contributed by atoms with Crippen LogP contribution in [0.3, 0.4) is 0 Å². The fourth-order valence-electron chi connectivity index (χ4n) is 2.77. The second kappa shape index (κ2) is 8.75. The topological polar surface area (TPSA) is 105 Å². The van der Waals surface area contributed by atoms with Crippen LogP contribution in [0.2, 0.25) is 0 Å². The second-order valence-corrected chi connectivity index (χ2v) is 6.32. The quantitative estimate of drug-likeness (QED) is 0.395. The Bertz CT molecular complexity index is 888. The Morgan fingerprint density at radius 2 is 1.38 bits per heavy atom. The Morgan fingerprint density at radius 1 is 0.846 bits per heavy atom. The first-order chi connectivity index (χ1) is 12.4. The molecule has 0 aliphatic heterocycles. The van der Waals surface area contributed by atoms with Crippen LogP contribution < -0.4 is 37.1 Å². The largest absolute Gasteiger partial charge is 0.488 e. The zero-order chi connectivity index (χ0) is 19.3. The third-order valence-electron chi connectivity index (χ3n) is 4.34. The molecule has 8 heteroatoms. The molecule has 0 saturated carbocycles. The number of nitrogens with one attached hydrogen (secondary N) is 2. The van der Waals surface area contributed by atoms with E-state index in [0.29, 0.717) is 30.9 Å². The second-order valence-electron chi connectivity index (χ2n) is 6.32. The Kier molecular flexibility index (Phi) is 6.68. The highest BCUT2D eigenvalue weighted by molar-refractivity contribution is 5.61. The molecule has 0 heterocycles. The van der Waals surface area contributed by atoms with Gasteiger partial charge < -0.3 is 20.3 Å². The number of anilines is 2. The van der Waals surface area contributed by atoms with Gasteiger partial charge in [-0.1, -0.05) is 0 Å². The van der Waals surface area contributed by atoms with E-state index in [1.54, 1.807) is 13.8 Å². The lowest BCUT2D eigenvalue weighted by Gasteiger charge is -2.18. The SMILES string of the molecule is CCOc1c(NCCCN(C)CCCNc2c(C)c(=O)c2=O)c(=O)c1=O. The van der Waals surface area contributed by atoms with E-state index < -0.39 is 21.7 Å². The van der Waals surface area contributed by atoms with E-state index >= 15 is 0 Å². The van der Waals surface area contributed by atoms with Gasteiger partial charge in [0.2, 0.25) is 10.9 Å². The lowest BCUT2D eigenvalue weighted by Crippen LogP contribution is -2.37. The third-order valence-corrected chi connectivity index (χ3v) is 4.34. The molecule has 0 radical (unpaired) electrons. The van der Waals surface area contributed by atoms with Crippen molar-refractivity contribution < 1.29 is 4.74 Å². The average molecular weight is 363 g/mol. The summed E-state index contributed by atoms with van der Waals surface area (Å²) in [5.41, 5.74) is -0.651. The highest BCUT2D eigenvalue weighted by atomic mass is 16.5. The van der Waals surface area contributed by atoms with Crippen molar-refractivity contribution in [2.24, 2.45) is 0 Å². The summed E-state index contributed by atoms with van der Waals surface area (Å²) in [7, 11) is 1.99. The van der Waals surface area contributed by atoms with E-state index in [2.05, 4.69) is 15.5 Å². The third kappa shape index (κ3) is 4.19. The van der Waals surface area contributed by atoms with Gasteiger partial charge in [0.25, 0.3) is 10.9 Å². The Balaban J connectivity index is 1.60. The van der Waals surface area contributed by atoms with Gasteiger partial charge in [0.05, 0.1) is 12.3 Å². The summed E-state index contributed by atoms with van der Waals surface area (Å²) < 4.78 is 5.15. The molecule has 0 amide bonds. The molecule has 0 spiro atoms. The smallest absolute Gasteiger partial charge is 0.272 e. The fourth-order valence-corrected chi connectivity index (χ4v) is 2.77. The van der Waals surface area contributed by atoms with Crippen LogP contribution in [0.4, 0.5) is 11.4 Å². The van der Waals surface area contributed by atoms with Crippen molar-refractivity contribution in [1.29, 1.82) is 0 Å². The van der Waals surface area contributed by atoms with Crippen LogP contribution in [0, 0.1) is 6.92 Å². The molecule has 142 valence electrons. The number of ether oxygens (including phenoxy) is 1. The maximum atomic E-state index is 11.5. The lowest BCUT2D eigenvalue weighted by atomic mass is 10.1. The summed E-state index contributed by atoms with van der Waals surface area (Å²) in [6.45, 7) is 6.65. The molecule has 2 N–H and O–H groups in total. The predicted octanol–water partition coefficient (Wildman–Crippen LogP) is -0.178. The number of hydrogen-bond acceptors (Lipinski definition) is 8. The van der Waals surface area contributed by atoms with Crippen molar-refractivity contribution in [3.05, 3.63) is 46.5 Å². The average Bonchev–Trinajstić information content (AvgIpc) is 2.65. The van der Waals surface area contributed by atoms with Gasteiger partial charge in [-0.2, -0.15) is 0 Å². The van der Waals surface area contributed by atoms with Gasteiger partial charge in [0, 0.05) is 18.7 Å². The Morgan fingerprint density at radius 3 is 1.92 bits per heavy atom. The zero-order valence-corrected chi connectivity index (χ0v) is 15.4. The molecule has 0 fully saturated rings. The monoisotopic (exact) mass is 363 g/mol. The van der Waals surface area contributed by atoms with Crippen molar-refractivity contribution in [2.75, 3.05) is 50.5 Å². The van der Waals surface area contributed by atoms with Crippen LogP contribution in [0.5, 0.6) is 5.75 Å². The number of hydrogen-bond donors (Lipinski definition) is 2. The fraction of sp³-hybridized carbons (Fsp3) is 0.556. The van der Waals surface area contributed by atoms with E-state index in [-0.39, 0.29) is 11.4 Å². The Hall–Kier alpha value is -2.48. The highest BCUT2D eigenvalue weighted by Crippen LogP contribution is 2.16.